The van der Waals surface area contributed by atoms with Crippen molar-refractivity contribution in [2.75, 3.05) is 19.7 Å². The Bertz CT molecular complexity index is 746. The van der Waals surface area contributed by atoms with Gasteiger partial charge in [0.1, 0.15) is 17.6 Å². The number of amides is 1. The first-order valence-corrected chi connectivity index (χ1v) is 9.33. The Labute approximate surface area is 155 Å². The van der Waals surface area contributed by atoms with Crippen molar-refractivity contribution in [2.45, 2.75) is 39.7 Å². The summed E-state index contributed by atoms with van der Waals surface area (Å²) in [5, 5.41) is 0. The van der Waals surface area contributed by atoms with E-state index in [1.807, 2.05) is 36.1 Å². The SMILES string of the molecule is CCOc1ccc(C(=O)N2CCC(Oc3cc(C)ccc3C)CC2)cc1. The van der Waals surface area contributed by atoms with E-state index in [-0.39, 0.29) is 12.0 Å². The van der Waals surface area contributed by atoms with Crippen LogP contribution in [-0.2, 0) is 0 Å². The summed E-state index contributed by atoms with van der Waals surface area (Å²) in [4.78, 5) is 14.6. The zero-order valence-corrected chi connectivity index (χ0v) is 15.8. The topological polar surface area (TPSA) is 38.8 Å². The molecule has 1 fully saturated rings. The zero-order chi connectivity index (χ0) is 18.5. The molecular weight excluding hydrogens is 326 g/mol. The second-order valence-corrected chi connectivity index (χ2v) is 6.84. The molecule has 1 saturated heterocycles. The highest BCUT2D eigenvalue weighted by molar-refractivity contribution is 5.94. The van der Waals surface area contributed by atoms with Crippen molar-refractivity contribution < 1.29 is 14.3 Å². The Morgan fingerprint density at radius 2 is 1.77 bits per heavy atom. The molecule has 0 N–H and O–H groups in total. The van der Waals surface area contributed by atoms with Gasteiger partial charge in [-0.25, -0.2) is 0 Å². The van der Waals surface area contributed by atoms with Gasteiger partial charge in [-0.15, -0.1) is 0 Å². The fourth-order valence-corrected chi connectivity index (χ4v) is 3.23. The van der Waals surface area contributed by atoms with Crippen LogP contribution in [0.5, 0.6) is 11.5 Å². The fourth-order valence-electron chi connectivity index (χ4n) is 3.23. The highest BCUT2D eigenvalue weighted by Gasteiger charge is 2.25. The standard InChI is InChI=1S/C22H27NO3/c1-4-25-19-9-7-18(8-10-19)22(24)23-13-11-20(12-14-23)26-21-15-16(2)5-6-17(21)3/h5-10,15,20H,4,11-14H2,1-3H3. The molecule has 0 atom stereocenters. The van der Waals surface area contributed by atoms with Crippen LogP contribution in [0.15, 0.2) is 42.5 Å². The van der Waals surface area contributed by atoms with E-state index in [0.29, 0.717) is 12.2 Å². The normalized spacial score (nSPS) is 15.0. The van der Waals surface area contributed by atoms with Crippen LogP contribution in [0, 0.1) is 13.8 Å². The maximum atomic E-state index is 12.7. The summed E-state index contributed by atoms with van der Waals surface area (Å²) in [6.45, 7) is 8.16. The smallest absolute Gasteiger partial charge is 0.253 e. The summed E-state index contributed by atoms with van der Waals surface area (Å²) in [6.07, 6.45) is 1.88. The zero-order valence-electron chi connectivity index (χ0n) is 15.8. The number of hydrogen-bond donors (Lipinski definition) is 0. The van der Waals surface area contributed by atoms with E-state index >= 15 is 0 Å². The molecule has 2 aromatic rings. The molecule has 2 aromatic carbocycles. The van der Waals surface area contributed by atoms with Crippen LogP contribution in [0.1, 0.15) is 41.3 Å². The van der Waals surface area contributed by atoms with Crippen LogP contribution in [0.25, 0.3) is 0 Å². The maximum absolute atomic E-state index is 12.7. The van der Waals surface area contributed by atoms with E-state index in [1.165, 1.54) is 5.56 Å². The lowest BCUT2D eigenvalue weighted by molar-refractivity contribution is 0.0594. The summed E-state index contributed by atoms with van der Waals surface area (Å²) in [5.41, 5.74) is 3.07. The van der Waals surface area contributed by atoms with Crippen molar-refractivity contribution >= 4 is 5.91 Å². The van der Waals surface area contributed by atoms with Gasteiger partial charge in [0.05, 0.1) is 6.61 Å². The molecular formula is C22H27NO3. The predicted molar refractivity (Wildman–Crippen MR) is 103 cm³/mol. The third kappa shape index (κ3) is 4.37. The second-order valence-electron chi connectivity index (χ2n) is 6.84. The van der Waals surface area contributed by atoms with E-state index in [0.717, 1.165) is 43.0 Å². The van der Waals surface area contributed by atoms with Gasteiger partial charge < -0.3 is 14.4 Å². The number of nitrogens with zero attached hydrogens (tertiary/aromatic N) is 1. The number of aryl methyl sites for hydroxylation is 2. The van der Waals surface area contributed by atoms with Crippen LogP contribution in [0.3, 0.4) is 0 Å². The lowest BCUT2D eigenvalue weighted by Gasteiger charge is -2.32. The molecule has 1 aliphatic heterocycles. The van der Waals surface area contributed by atoms with Crippen LogP contribution < -0.4 is 9.47 Å². The first kappa shape index (κ1) is 18.3. The lowest BCUT2D eigenvalue weighted by atomic mass is 10.1. The number of piperidine rings is 1. The monoisotopic (exact) mass is 353 g/mol. The minimum atomic E-state index is 0.0817. The average molecular weight is 353 g/mol. The lowest BCUT2D eigenvalue weighted by Crippen LogP contribution is -2.41. The summed E-state index contributed by atoms with van der Waals surface area (Å²) in [7, 11) is 0. The molecule has 1 heterocycles. The summed E-state index contributed by atoms with van der Waals surface area (Å²) >= 11 is 0. The van der Waals surface area contributed by atoms with Crippen molar-refractivity contribution in [2.24, 2.45) is 0 Å². The molecule has 0 radical (unpaired) electrons. The molecule has 1 amide bonds. The van der Waals surface area contributed by atoms with Crippen molar-refractivity contribution in [3.8, 4) is 11.5 Å². The van der Waals surface area contributed by atoms with Crippen molar-refractivity contribution in [3.05, 3.63) is 59.2 Å². The predicted octanol–water partition coefficient (Wildman–Crippen LogP) is 4.39. The fraction of sp³-hybridized carbons (Fsp3) is 0.409. The summed E-state index contributed by atoms with van der Waals surface area (Å²) < 4.78 is 11.6. The average Bonchev–Trinajstić information content (AvgIpc) is 2.66. The quantitative estimate of drug-likeness (QED) is 0.800. The van der Waals surface area contributed by atoms with E-state index in [4.69, 9.17) is 9.47 Å². The molecule has 26 heavy (non-hydrogen) atoms. The third-order valence-corrected chi connectivity index (χ3v) is 4.78. The van der Waals surface area contributed by atoms with Gasteiger partial charge in [-0.3, -0.25) is 4.79 Å². The van der Waals surface area contributed by atoms with E-state index in [2.05, 4.69) is 32.0 Å². The number of likely N-dealkylation sites (tertiary alicyclic amines) is 1. The highest BCUT2D eigenvalue weighted by Crippen LogP contribution is 2.24. The van der Waals surface area contributed by atoms with Gasteiger partial charge in [-0.05, 0) is 62.2 Å². The molecule has 0 unspecified atom stereocenters. The van der Waals surface area contributed by atoms with Gasteiger partial charge in [0.25, 0.3) is 5.91 Å². The Balaban J connectivity index is 1.56. The van der Waals surface area contributed by atoms with Crippen LogP contribution in [0.2, 0.25) is 0 Å². The molecule has 0 aromatic heterocycles. The van der Waals surface area contributed by atoms with Gasteiger partial charge in [-0.2, -0.15) is 0 Å². The second kappa shape index (κ2) is 8.26. The van der Waals surface area contributed by atoms with Crippen molar-refractivity contribution in [1.82, 2.24) is 4.90 Å². The Morgan fingerprint density at radius 1 is 1.08 bits per heavy atom. The van der Waals surface area contributed by atoms with E-state index in [1.54, 1.807) is 0 Å². The summed E-state index contributed by atoms with van der Waals surface area (Å²) in [5.74, 6) is 1.84. The molecule has 3 rings (SSSR count). The molecule has 0 bridgehead atoms. The van der Waals surface area contributed by atoms with Crippen molar-refractivity contribution in [1.29, 1.82) is 0 Å². The number of carbonyl (C=O) groups excluding carboxylic acids is 1. The number of benzene rings is 2. The number of hydrogen-bond acceptors (Lipinski definition) is 3. The molecule has 4 heteroatoms. The maximum Gasteiger partial charge on any atom is 0.253 e. The largest absolute Gasteiger partial charge is 0.494 e. The van der Waals surface area contributed by atoms with Crippen LogP contribution in [-0.4, -0.2) is 36.6 Å². The van der Waals surface area contributed by atoms with Crippen LogP contribution in [0.4, 0.5) is 0 Å². The van der Waals surface area contributed by atoms with E-state index in [9.17, 15) is 4.79 Å². The summed E-state index contributed by atoms with van der Waals surface area (Å²) in [6, 6.07) is 13.7. The van der Waals surface area contributed by atoms with Gasteiger partial charge in [-0.1, -0.05) is 12.1 Å². The molecule has 0 saturated carbocycles. The van der Waals surface area contributed by atoms with Gasteiger partial charge in [0.2, 0.25) is 0 Å². The Morgan fingerprint density at radius 3 is 2.42 bits per heavy atom. The number of rotatable bonds is 5. The Hall–Kier alpha value is -2.49. The molecule has 138 valence electrons. The minimum absolute atomic E-state index is 0.0817. The highest BCUT2D eigenvalue weighted by atomic mass is 16.5. The third-order valence-electron chi connectivity index (χ3n) is 4.78. The first-order chi connectivity index (χ1) is 12.6. The molecule has 4 nitrogen and oxygen atoms in total. The van der Waals surface area contributed by atoms with Gasteiger partial charge in [0, 0.05) is 31.5 Å². The van der Waals surface area contributed by atoms with E-state index < -0.39 is 0 Å². The Kier molecular flexibility index (Phi) is 5.82. The van der Waals surface area contributed by atoms with Crippen molar-refractivity contribution in [3.63, 3.8) is 0 Å². The molecule has 0 aliphatic carbocycles. The molecule has 0 spiro atoms. The number of carbonyl (C=O) groups is 1. The van der Waals surface area contributed by atoms with Gasteiger partial charge >= 0.3 is 0 Å². The minimum Gasteiger partial charge on any atom is -0.494 e. The van der Waals surface area contributed by atoms with Crippen LogP contribution >= 0.6 is 0 Å². The molecule has 1 aliphatic rings. The first-order valence-electron chi connectivity index (χ1n) is 9.33. The number of ether oxygens (including phenoxy) is 2. The van der Waals surface area contributed by atoms with Gasteiger partial charge in [0.15, 0.2) is 0 Å².